The second kappa shape index (κ2) is 3.25. The maximum Gasteiger partial charge on any atom is 0.0851 e. The van der Waals surface area contributed by atoms with Gasteiger partial charge in [0, 0.05) is 6.42 Å². The lowest BCUT2D eigenvalue weighted by molar-refractivity contribution is 0.0888. The van der Waals surface area contributed by atoms with Crippen LogP contribution >= 0.6 is 0 Å². The van der Waals surface area contributed by atoms with Gasteiger partial charge in [-0.25, -0.2) is 0 Å². The van der Waals surface area contributed by atoms with Crippen molar-refractivity contribution in [2.45, 2.75) is 18.6 Å². The van der Waals surface area contributed by atoms with Gasteiger partial charge in [-0.05, 0) is 5.56 Å². The highest BCUT2D eigenvalue weighted by atomic mass is 16.5. The first-order valence-corrected chi connectivity index (χ1v) is 4.21. The molecule has 12 heavy (non-hydrogen) atoms. The van der Waals surface area contributed by atoms with Crippen LogP contribution in [-0.2, 0) is 4.74 Å². The zero-order valence-electron chi connectivity index (χ0n) is 6.81. The molecule has 1 aromatic rings. The molecule has 2 nitrogen and oxygen atoms in total. The minimum atomic E-state index is -0.282. The number of hydrogen-bond donors (Lipinski definition) is 1. The van der Waals surface area contributed by atoms with E-state index in [0.717, 1.165) is 12.0 Å². The summed E-state index contributed by atoms with van der Waals surface area (Å²) < 4.78 is 5.40. The number of aliphatic hydroxyl groups is 1. The fourth-order valence-corrected chi connectivity index (χ4v) is 1.51. The molecular weight excluding hydrogens is 152 g/mol. The van der Waals surface area contributed by atoms with Crippen LogP contribution in [0.2, 0.25) is 0 Å². The Morgan fingerprint density at radius 1 is 1.25 bits per heavy atom. The van der Waals surface area contributed by atoms with Crippen molar-refractivity contribution < 1.29 is 9.84 Å². The molecule has 0 aromatic heterocycles. The van der Waals surface area contributed by atoms with Crippen LogP contribution < -0.4 is 0 Å². The molecule has 0 saturated carbocycles. The summed E-state index contributed by atoms with van der Waals surface area (Å²) in [6.45, 7) is 0.472. The molecule has 64 valence electrons. The molecule has 1 N–H and O–H groups in total. The maximum absolute atomic E-state index is 9.24. The first-order valence-electron chi connectivity index (χ1n) is 4.21. The molecule has 1 aliphatic heterocycles. The lowest BCUT2D eigenvalue weighted by atomic mass is 10.1. The first-order chi connectivity index (χ1) is 5.86. The Balaban J connectivity index is 2.11. The summed E-state index contributed by atoms with van der Waals surface area (Å²) in [5.74, 6) is 0. The van der Waals surface area contributed by atoms with Gasteiger partial charge in [-0.1, -0.05) is 30.3 Å². The molecule has 2 atom stereocenters. The van der Waals surface area contributed by atoms with Crippen molar-refractivity contribution in [2.75, 3.05) is 6.61 Å². The normalized spacial score (nSPS) is 29.1. The third-order valence-corrected chi connectivity index (χ3v) is 2.15. The van der Waals surface area contributed by atoms with E-state index in [4.69, 9.17) is 4.74 Å². The summed E-state index contributed by atoms with van der Waals surface area (Å²) in [6.07, 6.45) is 0.542. The highest BCUT2D eigenvalue weighted by molar-refractivity contribution is 5.18. The van der Waals surface area contributed by atoms with Crippen molar-refractivity contribution >= 4 is 0 Å². The van der Waals surface area contributed by atoms with Crippen LogP contribution in [0.5, 0.6) is 0 Å². The van der Waals surface area contributed by atoms with Crippen LogP contribution in [0.3, 0.4) is 0 Å². The third kappa shape index (κ3) is 1.49. The van der Waals surface area contributed by atoms with E-state index < -0.39 is 0 Å². The Hall–Kier alpha value is -0.860. The average molecular weight is 164 g/mol. The summed E-state index contributed by atoms with van der Waals surface area (Å²) in [4.78, 5) is 0. The summed E-state index contributed by atoms with van der Waals surface area (Å²) in [5.41, 5.74) is 1.16. The van der Waals surface area contributed by atoms with Crippen LogP contribution in [0.15, 0.2) is 30.3 Å². The molecule has 0 aliphatic carbocycles. The first kappa shape index (κ1) is 7.77. The molecule has 1 saturated heterocycles. The van der Waals surface area contributed by atoms with E-state index in [1.54, 1.807) is 0 Å². The van der Waals surface area contributed by atoms with Crippen molar-refractivity contribution in [3.63, 3.8) is 0 Å². The van der Waals surface area contributed by atoms with E-state index in [9.17, 15) is 5.11 Å². The van der Waals surface area contributed by atoms with Gasteiger partial charge in [0.05, 0.1) is 18.8 Å². The summed E-state index contributed by atoms with van der Waals surface area (Å²) in [6, 6.07) is 10.0. The molecule has 2 unspecified atom stereocenters. The molecule has 1 heterocycles. The molecule has 2 rings (SSSR count). The highest BCUT2D eigenvalue weighted by Crippen LogP contribution is 2.28. The van der Waals surface area contributed by atoms with Crippen molar-refractivity contribution in [1.29, 1.82) is 0 Å². The minimum absolute atomic E-state index is 0.0983. The molecule has 1 fully saturated rings. The predicted molar refractivity (Wildman–Crippen MR) is 45.8 cm³/mol. The quantitative estimate of drug-likeness (QED) is 0.681. The number of ether oxygens (including phenoxy) is 1. The van der Waals surface area contributed by atoms with E-state index >= 15 is 0 Å². The van der Waals surface area contributed by atoms with E-state index in [1.807, 2.05) is 30.3 Å². The minimum Gasteiger partial charge on any atom is -0.391 e. The standard InChI is InChI=1S/C10H12O2/c11-9-6-10(12-7-9)8-4-2-1-3-5-8/h1-5,9-11H,6-7H2. The molecule has 0 amide bonds. The van der Waals surface area contributed by atoms with Gasteiger partial charge >= 0.3 is 0 Å². The second-order valence-electron chi connectivity index (χ2n) is 3.12. The molecule has 2 heteroatoms. The van der Waals surface area contributed by atoms with Crippen LogP contribution in [0.4, 0.5) is 0 Å². The van der Waals surface area contributed by atoms with E-state index in [-0.39, 0.29) is 12.2 Å². The van der Waals surface area contributed by atoms with Crippen molar-refractivity contribution in [3.8, 4) is 0 Å². The predicted octanol–water partition coefficient (Wildman–Crippen LogP) is 1.51. The maximum atomic E-state index is 9.24. The fourth-order valence-electron chi connectivity index (χ4n) is 1.51. The Bertz CT molecular complexity index is 245. The zero-order chi connectivity index (χ0) is 8.39. The topological polar surface area (TPSA) is 29.5 Å². The lowest BCUT2D eigenvalue weighted by Crippen LogP contribution is -2.02. The Labute approximate surface area is 71.8 Å². The summed E-state index contributed by atoms with van der Waals surface area (Å²) >= 11 is 0. The average Bonchev–Trinajstić information content (AvgIpc) is 2.54. The van der Waals surface area contributed by atoms with Gasteiger partial charge in [-0.2, -0.15) is 0 Å². The number of hydrogen-bond acceptors (Lipinski definition) is 2. The number of aliphatic hydroxyl groups excluding tert-OH is 1. The van der Waals surface area contributed by atoms with Crippen molar-refractivity contribution in [2.24, 2.45) is 0 Å². The smallest absolute Gasteiger partial charge is 0.0851 e. The van der Waals surface area contributed by atoms with Gasteiger partial charge in [0.1, 0.15) is 0 Å². The Morgan fingerprint density at radius 2 is 2.00 bits per heavy atom. The summed E-state index contributed by atoms with van der Waals surface area (Å²) in [7, 11) is 0. The van der Waals surface area contributed by atoms with Gasteiger partial charge in [0.15, 0.2) is 0 Å². The highest BCUT2D eigenvalue weighted by Gasteiger charge is 2.24. The monoisotopic (exact) mass is 164 g/mol. The zero-order valence-corrected chi connectivity index (χ0v) is 6.81. The molecule has 0 spiro atoms. The molecule has 0 radical (unpaired) electrons. The molecule has 0 bridgehead atoms. The third-order valence-electron chi connectivity index (χ3n) is 2.15. The van der Waals surface area contributed by atoms with Crippen LogP contribution in [0.1, 0.15) is 18.1 Å². The van der Waals surface area contributed by atoms with Crippen LogP contribution in [0.25, 0.3) is 0 Å². The van der Waals surface area contributed by atoms with Gasteiger partial charge < -0.3 is 9.84 Å². The molecule has 1 aromatic carbocycles. The Kier molecular flexibility index (Phi) is 2.11. The van der Waals surface area contributed by atoms with E-state index in [2.05, 4.69) is 0 Å². The second-order valence-corrected chi connectivity index (χ2v) is 3.12. The van der Waals surface area contributed by atoms with Gasteiger partial charge in [0.2, 0.25) is 0 Å². The fraction of sp³-hybridized carbons (Fsp3) is 0.400. The van der Waals surface area contributed by atoms with E-state index in [0.29, 0.717) is 6.61 Å². The van der Waals surface area contributed by atoms with Crippen LogP contribution in [0, 0.1) is 0 Å². The molecular formula is C10H12O2. The Morgan fingerprint density at radius 3 is 2.58 bits per heavy atom. The summed E-state index contributed by atoms with van der Waals surface area (Å²) in [5, 5.41) is 9.24. The SMILES string of the molecule is OC1COC(c2ccccc2)C1. The number of benzene rings is 1. The van der Waals surface area contributed by atoms with Crippen LogP contribution in [-0.4, -0.2) is 17.8 Å². The van der Waals surface area contributed by atoms with Gasteiger partial charge in [-0.3, -0.25) is 0 Å². The van der Waals surface area contributed by atoms with Crippen molar-refractivity contribution in [3.05, 3.63) is 35.9 Å². The lowest BCUT2D eigenvalue weighted by Gasteiger charge is -2.07. The van der Waals surface area contributed by atoms with Crippen molar-refractivity contribution in [1.82, 2.24) is 0 Å². The van der Waals surface area contributed by atoms with Gasteiger partial charge in [0.25, 0.3) is 0 Å². The largest absolute Gasteiger partial charge is 0.391 e. The molecule has 1 aliphatic rings. The van der Waals surface area contributed by atoms with Gasteiger partial charge in [-0.15, -0.1) is 0 Å². The van der Waals surface area contributed by atoms with E-state index in [1.165, 1.54) is 0 Å². The number of rotatable bonds is 1.